The molecule has 4 aliphatic carbocycles. The number of benzene rings is 4. The summed E-state index contributed by atoms with van der Waals surface area (Å²) < 4.78 is 26.0. The molecule has 4 aliphatic rings. The van der Waals surface area contributed by atoms with Crippen molar-refractivity contribution in [1.82, 2.24) is 79.7 Å². The number of fused-ring (bicyclic) bond motifs is 8. The standard InChI is InChI=1S/C23H17ClN4.C23H18N4O.C12H8FN3.C10H9ClN2.C10H10N2O.C7H5ClN2.C5H5BFNO2/c1-14-7-8-16-15(9-11-26-23(16)24)19(14)12-21-18(5-3-10-25-21)22-17-4-2-6-20(17)27-13-28-22;1-14-7-8-16-15(9-11-25-23(16)28)19(14)12-21-18(5-3-10-24-21)22-17-4-2-6-20(17)26-13-27-22;13-12-9(4-2-6-14-12)11-8-3-1-5-10(8)15-7-16-11;1-6-2-3-8-7(9(6)12)4-5-13-10(8)11;1-6-2-3-8-7(9(6)11)4-5-12-10(8)13;8-7-5-2-1-3-6(5)9-4-10-7;7-5-4(6(9)10)2-1-3-8-5/h2-5,7-11,13H,6,12H2,1H3;2-5,7-11,13H,6,12H2,1H3,(H,25,28);1-4,6-7H,5H2;2-5H,12H2,1H3;2-5H,11H2,1H3,(H,12,13);1-2,4H,3H2;1-3,9-10H. The van der Waals surface area contributed by atoms with Gasteiger partial charge in [0.05, 0.1) is 56.8 Å². The van der Waals surface area contributed by atoms with Gasteiger partial charge in [-0.1, -0.05) is 126 Å². The van der Waals surface area contributed by atoms with Crippen molar-refractivity contribution in [2.75, 3.05) is 11.5 Å². The van der Waals surface area contributed by atoms with Gasteiger partial charge in [0.2, 0.25) is 11.9 Å². The second kappa shape index (κ2) is 36.9. The van der Waals surface area contributed by atoms with Crippen LogP contribution in [0.15, 0.2) is 230 Å². The minimum Gasteiger partial charge on any atom is -0.423 e. The summed E-state index contributed by atoms with van der Waals surface area (Å²) in [6.07, 6.45) is 40.3. The molecule has 0 amide bonds. The molecule has 28 heteroatoms. The van der Waals surface area contributed by atoms with Gasteiger partial charge < -0.3 is 31.5 Å². The van der Waals surface area contributed by atoms with Crippen molar-refractivity contribution >= 4 is 126 Å². The Morgan fingerprint density at radius 2 is 0.746 bits per heavy atom. The number of aromatic amines is 2. The van der Waals surface area contributed by atoms with E-state index >= 15 is 0 Å². The summed E-state index contributed by atoms with van der Waals surface area (Å²) in [6.45, 7) is 8.10. The Hall–Kier alpha value is -13.7. The molecule has 0 saturated carbocycles. The van der Waals surface area contributed by atoms with Crippen LogP contribution in [0.2, 0.25) is 15.5 Å². The highest BCUT2D eigenvalue weighted by atomic mass is 35.5. The van der Waals surface area contributed by atoms with Gasteiger partial charge >= 0.3 is 7.12 Å². The number of nitrogen functional groups attached to an aromatic ring is 2. The van der Waals surface area contributed by atoms with E-state index in [4.69, 9.17) is 61.3 Å². The maximum absolute atomic E-state index is 13.5. The summed E-state index contributed by atoms with van der Waals surface area (Å²) in [5, 5.41) is 25.6. The fourth-order valence-corrected chi connectivity index (χ4v) is 14.6. The van der Waals surface area contributed by atoms with E-state index in [0.717, 1.165) is 165 Å². The van der Waals surface area contributed by atoms with Crippen molar-refractivity contribution in [2.45, 2.75) is 66.2 Å². The lowest BCUT2D eigenvalue weighted by Crippen LogP contribution is -2.33. The third-order valence-electron chi connectivity index (χ3n) is 20.2. The molecule has 0 fully saturated rings. The first-order valence-electron chi connectivity index (χ1n) is 37.2. The summed E-state index contributed by atoms with van der Waals surface area (Å²) >= 11 is 18.0. The van der Waals surface area contributed by atoms with Gasteiger partial charge in [-0.05, 0) is 151 Å². The number of aromatic nitrogens is 16. The summed E-state index contributed by atoms with van der Waals surface area (Å²) in [6, 6.07) is 37.3. The second-order valence-electron chi connectivity index (χ2n) is 27.4. The van der Waals surface area contributed by atoms with Crippen molar-refractivity contribution in [3.05, 3.63) is 358 Å². The first kappa shape index (κ1) is 80.9. The Balaban J connectivity index is 0.000000118. The molecule has 0 atom stereocenters. The number of H-pyrrole nitrogens is 2. The maximum Gasteiger partial charge on any atom is 0.493 e. The molecule has 0 unspecified atom stereocenters. The quantitative estimate of drug-likeness (QED) is 0.0356. The van der Waals surface area contributed by atoms with Gasteiger partial charge in [-0.2, -0.15) is 8.78 Å². The summed E-state index contributed by atoms with van der Waals surface area (Å²) in [4.78, 5) is 87.5. The molecule has 12 aromatic heterocycles. The largest absolute Gasteiger partial charge is 0.493 e. The van der Waals surface area contributed by atoms with E-state index in [0.29, 0.717) is 56.0 Å². The topological polar surface area (TPSA) is 339 Å². The van der Waals surface area contributed by atoms with E-state index in [1.54, 1.807) is 55.6 Å². The number of hydrogen-bond donors (Lipinski definition) is 6. The van der Waals surface area contributed by atoms with Crippen LogP contribution in [0, 0.1) is 39.6 Å². The van der Waals surface area contributed by atoms with Crippen LogP contribution in [0.3, 0.4) is 0 Å². The van der Waals surface area contributed by atoms with Crippen molar-refractivity contribution in [1.29, 1.82) is 0 Å². The number of anilines is 2. The Bertz CT molecular complexity index is 6770. The SMILES string of the molecule is Cc1ccc2c(=O)[nH]ccc2c1Cc1ncccc1-c1ncnc2c1C=CC2.Cc1ccc2c(=O)[nH]ccc2c1N.Cc1ccc2c(Cl)nccc2c1Cc1ncccc1-c1ncnc2c1C=CC2.Cc1ccc2c(Cl)nccc2c1N.Clc1ncnc2c1C=CC2.Fc1ncccc1-c1ncnc2c1C=CC2.OB(O)c1cccnc1F. The summed E-state index contributed by atoms with van der Waals surface area (Å²) in [7, 11) is -1.78. The smallest absolute Gasteiger partial charge is 0.423 e. The van der Waals surface area contributed by atoms with Gasteiger partial charge in [0.1, 0.15) is 40.8 Å². The normalized spacial score (nSPS) is 12.0. The number of nitrogens with two attached hydrogens (primary N) is 2. The number of allylic oxidation sites excluding steroid dienone is 4. The van der Waals surface area contributed by atoms with Crippen LogP contribution < -0.4 is 28.0 Å². The van der Waals surface area contributed by atoms with Crippen molar-refractivity contribution in [3.63, 3.8) is 0 Å². The lowest BCUT2D eigenvalue weighted by Gasteiger charge is -2.14. The fraction of sp³-hybridized carbons (Fsp3) is 0.111. The highest BCUT2D eigenvalue weighted by Gasteiger charge is 2.23. The summed E-state index contributed by atoms with van der Waals surface area (Å²) in [5.41, 5.74) is 34.6. The monoisotopic (exact) mass is 1620 g/mol. The molecule has 0 aliphatic heterocycles. The van der Waals surface area contributed by atoms with Gasteiger partial charge in [0.15, 0.2) is 0 Å². The van der Waals surface area contributed by atoms with Crippen molar-refractivity contribution in [3.8, 4) is 33.8 Å². The molecule has 12 heterocycles. The van der Waals surface area contributed by atoms with Crippen molar-refractivity contribution < 1.29 is 18.8 Å². The minimum absolute atomic E-state index is 0.0706. The average molecular weight is 1620 g/mol. The summed E-state index contributed by atoms with van der Waals surface area (Å²) in [5.74, 6) is -1.35. The fourth-order valence-electron chi connectivity index (χ4n) is 14.0. The molecule has 4 aromatic carbocycles. The van der Waals surface area contributed by atoms with Crippen LogP contribution in [0.5, 0.6) is 0 Å². The van der Waals surface area contributed by atoms with Crippen LogP contribution in [0.4, 0.5) is 20.2 Å². The first-order valence-corrected chi connectivity index (χ1v) is 38.3. The van der Waals surface area contributed by atoms with Crippen molar-refractivity contribution in [2.24, 2.45) is 0 Å². The second-order valence-corrected chi connectivity index (χ2v) is 28.5. The van der Waals surface area contributed by atoms with E-state index in [-0.39, 0.29) is 16.6 Å². The molecule has 8 N–H and O–H groups in total. The lowest BCUT2D eigenvalue weighted by molar-refractivity contribution is 0.422. The molecule has 0 radical (unpaired) electrons. The molecule has 0 spiro atoms. The average Bonchev–Trinajstić information content (AvgIpc) is 0.952. The van der Waals surface area contributed by atoms with Gasteiger partial charge in [0.25, 0.3) is 11.1 Å². The molecule has 22 nitrogen and oxygen atoms in total. The molecule has 0 saturated heterocycles. The predicted molar refractivity (Wildman–Crippen MR) is 464 cm³/mol. The van der Waals surface area contributed by atoms with Crippen LogP contribution in [0.25, 0.3) is 101 Å². The number of halogens is 5. The van der Waals surface area contributed by atoms with Crippen LogP contribution in [-0.4, -0.2) is 96.9 Å². The Labute approximate surface area is 690 Å². The molecular weight excluding hydrogens is 1550 g/mol. The van der Waals surface area contributed by atoms with E-state index in [1.807, 2.05) is 123 Å². The Morgan fingerprint density at radius 1 is 0.373 bits per heavy atom. The van der Waals surface area contributed by atoms with Gasteiger partial charge in [-0.25, -0.2) is 59.8 Å². The molecular formula is C90H72BCl3F2N18O4. The van der Waals surface area contributed by atoms with Gasteiger partial charge in [0, 0.05) is 171 Å². The zero-order chi connectivity index (χ0) is 82.5. The minimum atomic E-state index is -1.78. The molecule has 16 aromatic rings. The number of nitrogens with one attached hydrogen (secondary N) is 2. The number of pyridine rings is 8. The zero-order valence-electron chi connectivity index (χ0n) is 63.9. The molecule has 0 bridgehead atoms. The maximum atomic E-state index is 13.5. The Morgan fingerprint density at radius 3 is 1.21 bits per heavy atom. The third-order valence-corrected chi connectivity index (χ3v) is 21.1. The van der Waals surface area contributed by atoms with Gasteiger partial charge in [-0.3, -0.25) is 19.6 Å². The zero-order valence-corrected chi connectivity index (χ0v) is 66.2. The van der Waals surface area contributed by atoms with E-state index in [1.165, 1.54) is 48.3 Å². The molecule has 20 rings (SSSR count). The highest BCUT2D eigenvalue weighted by molar-refractivity contribution is 6.58. The highest BCUT2D eigenvalue weighted by Crippen LogP contribution is 2.37. The Kier molecular flexibility index (Phi) is 25.3. The predicted octanol–water partition coefficient (Wildman–Crippen LogP) is 16.1. The van der Waals surface area contributed by atoms with E-state index < -0.39 is 19.0 Å². The number of aryl methyl sites for hydroxylation is 4. The van der Waals surface area contributed by atoms with Crippen LogP contribution in [0.1, 0.15) is 89.8 Å². The van der Waals surface area contributed by atoms with Crippen LogP contribution >= 0.6 is 34.8 Å². The first-order chi connectivity index (χ1) is 57.3. The van der Waals surface area contributed by atoms with Gasteiger partial charge in [-0.15, -0.1) is 0 Å². The molecule has 584 valence electrons. The number of nitrogens with zero attached hydrogens (tertiary/aromatic N) is 14. The number of hydrogen-bond acceptors (Lipinski definition) is 20. The third kappa shape index (κ3) is 17.9. The number of rotatable bonds is 8. The van der Waals surface area contributed by atoms with Crippen LogP contribution in [-0.2, 0) is 38.5 Å². The molecule has 118 heavy (non-hydrogen) atoms. The lowest BCUT2D eigenvalue weighted by atomic mass is 9.81. The van der Waals surface area contributed by atoms with E-state index in [9.17, 15) is 18.4 Å². The van der Waals surface area contributed by atoms with E-state index in [2.05, 4.69) is 131 Å².